The van der Waals surface area contributed by atoms with Gasteiger partial charge in [-0.05, 0) is 48.4 Å². The Morgan fingerprint density at radius 1 is 1.13 bits per heavy atom. The lowest BCUT2D eigenvalue weighted by atomic mass is 10.2. The summed E-state index contributed by atoms with van der Waals surface area (Å²) in [5.41, 5.74) is 1.65. The lowest BCUT2D eigenvalue weighted by Crippen LogP contribution is -2.21. The molecule has 0 fully saturated rings. The van der Waals surface area contributed by atoms with Crippen LogP contribution in [0.15, 0.2) is 53.0 Å². The van der Waals surface area contributed by atoms with Gasteiger partial charge < -0.3 is 15.4 Å². The molecule has 2 aromatic rings. The highest BCUT2D eigenvalue weighted by atomic mass is 79.9. The number of halogens is 1. The topological polar surface area (TPSA) is 50.4 Å². The van der Waals surface area contributed by atoms with Crippen LogP contribution in [0.3, 0.4) is 0 Å². The molecule has 23 heavy (non-hydrogen) atoms. The van der Waals surface area contributed by atoms with Crippen LogP contribution >= 0.6 is 15.9 Å². The SMILES string of the molecule is CC(C)COc1ccc(NC(=O)CNc2cccc(Br)c2)cc1. The fourth-order valence-electron chi connectivity index (χ4n) is 1.88. The normalized spacial score (nSPS) is 10.4. The van der Waals surface area contributed by atoms with Crippen LogP contribution in [-0.4, -0.2) is 19.1 Å². The number of ether oxygens (including phenoxy) is 1. The molecule has 5 heteroatoms. The fourth-order valence-corrected chi connectivity index (χ4v) is 2.28. The Hall–Kier alpha value is -2.01. The fraction of sp³-hybridized carbons (Fsp3) is 0.278. The molecule has 4 nitrogen and oxygen atoms in total. The predicted molar refractivity (Wildman–Crippen MR) is 98.0 cm³/mol. The van der Waals surface area contributed by atoms with Gasteiger partial charge in [0.1, 0.15) is 5.75 Å². The van der Waals surface area contributed by atoms with Crippen molar-refractivity contribution in [2.45, 2.75) is 13.8 Å². The number of anilines is 2. The van der Waals surface area contributed by atoms with Crippen LogP contribution in [-0.2, 0) is 4.79 Å². The molecule has 0 unspecified atom stereocenters. The van der Waals surface area contributed by atoms with Crippen molar-refractivity contribution in [3.63, 3.8) is 0 Å². The van der Waals surface area contributed by atoms with E-state index in [1.807, 2.05) is 48.5 Å². The average Bonchev–Trinajstić information content (AvgIpc) is 2.52. The van der Waals surface area contributed by atoms with Crippen molar-refractivity contribution in [2.24, 2.45) is 5.92 Å². The van der Waals surface area contributed by atoms with E-state index in [2.05, 4.69) is 40.4 Å². The van der Waals surface area contributed by atoms with Crippen molar-refractivity contribution in [1.29, 1.82) is 0 Å². The molecule has 0 radical (unpaired) electrons. The molecule has 0 bridgehead atoms. The molecule has 2 N–H and O–H groups in total. The summed E-state index contributed by atoms with van der Waals surface area (Å²) >= 11 is 3.40. The van der Waals surface area contributed by atoms with E-state index >= 15 is 0 Å². The van der Waals surface area contributed by atoms with Crippen LogP contribution in [0.1, 0.15) is 13.8 Å². The zero-order valence-corrected chi connectivity index (χ0v) is 14.9. The molecule has 0 aliphatic rings. The Morgan fingerprint density at radius 2 is 1.87 bits per heavy atom. The second-order valence-electron chi connectivity index (χ2n) is 5.64. The van der Waals surface area contributed by atoms with Gasteiger partial charge in [0.25, 0.3) is 0 Å². The van der Waals surface area contributed by atoms with Crippen LogP contribution < -0.4 is 15.4 Å². The molecule has 0 aromatic heterocycles. The molecule has 0 saturated heterocycles. The monoisotopic (exact) mass is 376 g/mol. The average molecular weight is 377 g/mol. The summed E-state index contributed by atoms with van der Waals surface area (Å²) in [7, 11) is 0. The van der Waals surface area contributed by atoms with E-state index < -0.39 is 0 Å². The number of benzene rings is 2. The molecule has 0 aliphatic heterocycles. The van der Waals surface area contributed by atoms with Crippen LogP contribution in [0.25, 0.3) is 0 Å². The first-order valence-electron chi connectivity index (χ1n) is 7.55. The first-order valence-corrected chi connectivity index (χ1v) is 8.34. The van der Waals surface area contributed by atoms with Gasteiger partial charge in [-0.15, -0.1) is 0 Å². The van der Waals surface area contributed by atoms with Crippen molar-refractivity contribution >= 4 is 33.2 Å². The minimum atomic E-state index is -0.0965. The maximum atomic E-state index is 12.0. The highest BCUT2D eigenvalue weighted by Gasteiger charge is 2.03. The third-order valence-corrected chi connectivity index (χ3v) is 3.49. The lowest BCUT2D eigenvalue weighted by Gasteiger charge is -2.10. The molecule has 2 aromatic carbocycles. The minimum Gasteiger partial charge on any atom is -0.493 e. The first kappa shape index (κ1) is 17.3. The Morgan fingerprint density at radius 3 is 2.52 bits per heavy atom. The summed E-state index contributed by atoms with van der Waals surface area (Å²) in [5, 5.41) is 5.93. The molecule has 0 atom stereocenters. The van der Waals surface area contributed by atoms with E-state index in [9.17, 15) is 4.79 Å². The van der Waals surface area contributed by atoms with E-state index in [-0.39, 0.29) is 12.5 Å². The molecular weight excluding hydrogens is 356 g/mol. The Labute approximate surface area is 145 Å². The first-order chi connectivity index (χ1) is 11.0. The van der Waals surface area contributed by atoms with Gasteiger partial charge in [0.15, 0.2) is 0 Å². The van der Waals surface area contributed by atoms with Crippen LogP contribution in [0.4, 0.5) is 11.4 Å². The number of hydrogen-bond donors (Lipinski definition) is 2. The third-order valence-electron chi connectivity index (χ3n) is 3.00. The minimum absolute atomic E-state index is 0.0965. The molecule has 0 spiro atoms. The van der Waals surface area contributed by atoms with Gasteiger partial charge in [0.05, 0.1) is 13.2 Å². The summed E-state index contributed by atoms with van der Waals surface area (Å²) < 4.78 is 6.59. The largest absolute Gasteiger partial charge is 0.493 e. The number of rotatable bonds is 7. The molecule has 0 heterocycles. The molecule has 122 valence electrons. The zero-order chi connectivity index (χ0) is 16.7. The predicted octanol–water partition coefficient (Wildman–Crippen LogP) is 4.53. The smallest absolute Gasteiger partial charge is 0.243 e. The van der Waals surface area contributed by atoms with Gasteiger partial charge >= 0.3 is 0 Å². The van der Waals surface area contributed by atoms with E-state index in [4.69, 9.17) is 4.74 Å². The number of carbonyl (C=O) groups is 1. The Kier molecular flexibility index (Phi) is 6.47. The second kappa shape index (κ2) is 8.58. The van der Waals surface area contributed by atoms with Crippen molar-refractivity contribution in [2.75, 3.05) is 23.8 Å². The van der Waals surface area contributed by atoms with Crippen molar-refractivity contribution in [1.82, 2.24) is 0 Å². The van der Waals surface area contributed by atoms with Crippen LogP contribution in [0.5, 0.6) is 5.75 Å². The summed E-state index contributed by atoms with van der Waals surface area (Å²) in [4.78, 5) is 12.0. The van der Waals surface area contributed by atoms with Crippen LogP contribution in [0, 0.1) is 5.92 Å². The van der Waals surface area contributed by atoms with Crippen molar-refractivity contribution in [3.05, 3.63) is 53.0 Å². The third kappa shape index (κ3) is 6.32. The van der Waals surface area contributed by atoms with Gasteiger partial charge in [-0.1, -0.05) is 35.8 Å². The standard InChI is InChI=1S/C18H21BrN2O2/c1-13(2)12-23-17-8-6-15(7-9-17)21-18(22)11-20-16-5-3-4-14(19)10-16/h3-10,13,20H,11-12H2,1-2H3,(H,21,22). The molecule has 0 aliphatic carbocycles. The summed E-state index contributed by atoms with van der Waals surface area (Å²) in [6, 6.07) is 15.1. The Bertz CT molecular complexity index is 642. The number of amides is 1. The van der Waals surface area contributed by atoms with E-state index in [0.717, 1.165) is 21.6 Å². The number of carbonyl (C=O) groups excluding carboxylic acids is 1. The highest BCUT2D eigenvalue weighted by Crippen LogP contribution is 2.17. The van der Waals surface area contributed by atoms with E-state index in [0.29, 0.717) is 12.5 Å². The summed E-state index contributed by atoms with van der Waals surface area (Å²) in [6.07, 6.45) is 0. The van der Waals surface area contributed by atoms with E-state index in [1.165, 1.54) is 0 Å². The van der Waals surface area contributed by atoms with Gasteiger partial charge in [-0.2, -0.15) is 0 Å². The molecule has 1 amide bonds. The Balaban J connectivity index is 1.80. The molecule has 0 saturated carbocycles. The second-order valence-corrected chi connectivity index (χ2v) is 6.56. The number of nitrogens with one attached hydrogen (secondary N) is 2. The molecular formula is C18H21BrN2O2. The molecule has 2 rings (SSSR count). The van der Waals surface area contributed by atoms with Crippen LogP contribution in [0.2, 0.25) is 0 Å². The zero-order valence-electron chi connectivity index (χ0n) is 13.3. The van der Waals surface area contributed by atoms with Gasteiger partial charge in [0, 0.05) is 15.8 Å². The van der Waals surface area contributed by atoms with Crippen molar-refractivity contribution < 1.29 is 9.53 Å². The highest BCUT2D eigenvalue weighted by molar-refractivity contribution is 9.10. The van der Waals surface area contributed by atoms with Gasteiger partial charge in [-0.25, -0.2) is 0 Å². The van der Waals surface area contributed by atoms with Gasteiger partial charge in [0.2, 0.25) is 5.91 Å². The van der Waals surface area contributed by atoms with Crippen molar-refractivity contribution in [3.8, 4) is 5.75 Å². The maximum absolute atomic E-state index is 12.0. The number of hydrogen-bond acceptors (Lipinski definition) is 3. The van der Waals surface area contributed by atoms with Gasteiger partial charge in [-0.3, -0.25) is 4.79 Å². The summed E-state index contributed by atoms with van der Waals surface area (Å²) in [5.74, 6) is 1.20. The van der Waals surface area contributed by atoms with E-state index in [1.54, 1.807) is 0 Å². The lowest BCUT2D eigenvalue weighted by molar-refractivity contribution is -0.114. The maximum Gasteiger partial charge on any atom is 0.243 e. The summed E-state index contributed by atoms with van der Waals surface area (Å²) in [6.45, 7) is 5.10. The quantitative estimate of drug-likeness (QED) is 0.745.